The van der Waals surface area contributed by atoms with E-state index in [0.29, 0.717) is 6.54 Å². The van der Waals surface area contributed by atoms with Crippen molar-refractivity contribution in [2.75, 3.05) is 13.1 Å². The molecule has 1 aliphatic carbocycles. The van der Waals surface area contributed by atoms with Crippen LogP contribution < -0.4 is 0 Å². The molecule has 3 atom stereocenters. The van der Waals surface area contributed by atoms with E-state index in [0.717, 1.165) is 44.1 Å². The van der Waals surface area contributed by atoms with Gasteiger partial charge < -0.3 is 4.90 Å². The number of fused-ring (bicyclic) bond motifs is 1. The Balaban J connectivity index is 1.39. The molecule has 3 unspecified atom stereocenters. The fourth-order valence-corrected chi connectivity index (χ4v) is 4.90. The van der Waals surface area contributed by atoms with E-state index in [1.165, 1.54) is 17.0 Å². The lowest BCUT2D eigenvalue weighted by molar-refractivity contribution is -0.141. The van der Waals surface area contributed by atoms with Gasteiger partial charge in [0.1, 0.15) is 5.82 Å². The lowest BCUT2D eigenvalue weighted by atomic mass is 9.81. The van der Waals surface area contributed by atoms with Gasteiger partial charge >= 0.3 is 0 Å². The van der Waals surface area contributed by atoms with Crippen LogP contribution in [0.3, 0.4) is 0 Å². The highest BCUT2D eigenvalue weighted by molar-refractivity contribution is 6.05. The van der Waals surface area contributed by atoms with Gasteiger partial charge in [-0.05, 0) is 43.4 Å². The summed E-state index contributed by atoms with van der Waals surface area (Å²) < 4.78 is 13.2. The van der Waals surface area contributed by atoms with E-state index in [1.807, 2.05) is 4.90 Å². The molecule has 0 bridgehead atoms. The Kier molecular flexibility index (Phi) is 4.98. The maximum atomic E-state index is 13.2. The average molecular weight is 372 g/mol. The van der Waals surface area contributed by atoms with Crippen molar-refractivity contribution >= 4 is 17.7 Å². The first kappa shape index (κ1) is 18.1. The Morgan fingerprint density at radius 2 is 1.59 bits per heavy atom. The van der Waals surface area contributed by atoms with Crippen LogP contribution in [0, 0.1) is 17.7 Å². The first-order valence-electron chi connectivity index (χ1n) is 9.96. The van der Waals surface area contributed by atoms with E-state index in [-0.39, 0.29) is 54.4 Å². The number of imide groups is 1. The maximum absolute atomic E-state index is 13.2. The van der Waals surface area contributed by atoms with Crippen molar-refractivity contribution in [3.8, 4) is 0 Å². The smallest absolute Gasteiger partial charge is 0.233 e. The zero-order valence-corrected chi connectivity index (χ0v) is 15.4. The van der Waals surface area contributed by atoms with Crippen molar-refractivity contribution in [1.82, 2.24) is 9.80 Å². The van der Waals surface area contributed by atoms with E-state index < -0.39 is 0 Å². The first-order chi connectivity index (χ1) is 13.1. The van der Waals surface area contributed by atoms with Crippen molar-refractivity contribution in [2.24, 2.45) is 11.8 Å². The summed E-state index contributed by atoms with van der Waals surface area (Å²) in [6.07, 6.45) is 5.49. The molecule has 0 aromatic heterocycles. The number of nitrogens with zero attached hydrogens (tertiary/aromatic N) is 2. The zero-order chi connectivity index (χ0) is 19.0. The highest BCUT2D eigenvalue weighted by Crippen LogP contribution is 2.38. The Bertz CT molecular complexity index is 724. The van der Waals surface area contributed by atoms with Crippen LogP contribution in [0.4, 0.5) is 4.39 Å². The quantitative estimate of drug-likeness (QED) is 0.764. The second-order valence-electron chi connectivity index (χ2n) is 7.87. The van der Waals surface area contributed by atoms with Gasteiger partial charge in [0.25, 0.3) is 0 Å². The third-order valence-electron chi connectivity index (χ3n) is 6.31. The van der Waals surface area contributed by atoms with Gasteiger partial charge in [-0.1, -0.05) is 25.0 Å². The molecule has 3 amide bonds. The highest BCUT2D eigenvalue weighted by Gasteiger charge is 2.48. The van der Waals surface area contributed by atoms with Gasteiger partial charge in [-0.25, -0.2) is 4.39 Å². The van der Waals surface area contributed by atoms with Crippen LogP contribution in [0.25, 0.3) is 0 Å². The van der Waals surface area contributed by atoms with Crippen molar-refractivity contribution in [1.29, 1.82) is 0 Å². The standard InChI is InChI=1S/C21H25FN2O3/c22-15-9-7-14(8-10-15)18-6-3-12-23(18)19(25)11-13-24-20(26)16-4-1-2-5-17(16)21(24)27/h7-10,16-18H,1-6,11-13H2. The van der Waals surface area contributed by atoms with E-state index in [4.69, 9.17) is 0 Å². The van der Waals surface area contributed by atoms with Crippen LogP contribution in [0.15, 0.2) is 24.3 Å². The maximum Gasteiger partial charge on any atom is 0.233 e. The number of carbonyl (C=O) groups is 3. The van der Waals surface area contributed by atoms with E-state index in [9.17, 15) is 18.8 Å². The summed E-state index contributed by atoms with van der Waals surface area (Å²) in [7, 11) is 0. The van der Waals surface area contributed by atoms with Gasteiger partial charge in [0.05, 0.1) is 17.9 Å². The summed E-state index contributed by atoms with van der Waals surface area (Å²) in [5.41, 5.74) is 0.932. The molecule has 6 heteroatoms. The van der Waals surface area contributed by atoms with Gasteiger partial charge in [-0.2, -0.15) is 0 Å². The summed E-state index contributed by atoms with van der Waals surface area (Å²) in [6.45, 7) is 0.837. The third kappa shape index (κ3) is 3.37. The monoisotopic (exact) mass is 372 g/mol. The number of halogens is 1. The number of amides is 3. The number of benzene rings is 1. The minimum Gasteiger partial charge on any atom is -0.336 e. The molecule has 3 aliphatic rings. The third-order valence-corrected chi connectivity index (χ3v) is 6.31. The molecule has 2 saturated heterocycles. The summed E-state index contributed by atoms with van der Waals surface area (Å²) in [4.78, 5) is 41.0. The topological polar surface area (TPSA) is 57.7 Å². The van der Waals surface area contributed by atoms with Crippen LogP contribution in [-0.4, -0.2) is 40.6 Å². The summed E-state index contributed by atoms with van der Waals surface area (Å²) >= 11 is 0. The Hall–Kier alpha value is -2.24. The number of rotatable bonds is 4. The lowest BCUT2D eigenvalue weighted by Crippen LogP contribution is -2.37. The highest BCUT2D eigenvalue weighted by atomic mass is 19.1. The summed E-state index contributed by atoms with van der Waals surface area (Å²) in [5, 5.41) is 0. The molecule has 1 saturated carbocycles. The molecule has 1 aromatic carbocycles. The van der Waals surface area contributed by atoms with Crippen molar-refractivity contribution in [3.63, 3.8) is 0 Å². The Labute approximate surface area is 158 Å². The second-order valence-corrected chi connectivity index (χ2v) is 7.87. The molecular weight excluding hydrogens is 347 g/mol. The molecule has 2 aliphatic heterocycles. The van der Waals surface area contributed by atoms with E-state index in [1.54, 1.807) is 12.1 Å². The number of hydrogen-bond donors (Lipinski definition) is 0. The minimum absolute atomic E-state index is 0.0442. The normalized spacial score (nSPS) is 28.0. The van der Waals surface area contributed by atoms with Crippen LogP contribution in [-0.2, 0) is 14.4 Å². The second kappa shape index (κ2) is 7.41. The molecule has 2 heterocycles. The molecule has 4 rings (SSSR count). The average Bonchev–Trinajstić information content (AvgIpc) is 3.26. The number of likely N-dealkylation sites (tertiary alicyclic amines) is 2. The van der Waals surface area contributed by atoms with Crippen LogP contribution in [0.2, 0.25) is 0 Å². The predicted molar refractivity (Wildman–Crippen MR) is 96.9 cm³/mol. The first-order valence-corrected chi connectivity index (χ1v) is 9.96. The minimum atomic E-state index is -0.290. The van der Waals surface area contributed by atoms with Gasteiger partial charge in [-0.15, -0.1) is 0 Å². The van der Waals surface area contributed by atoms with Gasteiger partial charge in [0.15, 0.2) is 0 Å². The SMILES string of the molecule is O=C1C2CCCCC2C(=O)N1CCC(=O)N1CCCC1c1ccc(F)cc1. The van der Waals surface area contributed by atoms with Gasteiger partial charge in [-0.3, -0.25) is 19.3 Å². The molecule has 0 spiro atoms. The largest absolute Gasteiger partial charge is 0.336 e. The Morgan fingerprint density at radius 3 is 2.22 bits per heavy atom. The number of hydrogen-bond acceptors (Lipinski definition) is 3. The fraction of sp³-hybridized carbons (Fsp3) is 0.571. The van der Waals surface area contributed by atoms with Crippen LogP contribution in [0.5, 0.6) is 0 Å². The number of carbonyl (C=O) groups excluding carboxylic acids is 3. The van der Waals surface area contributed by atoms with Crippen LogP contribution in [0.1, 0.15) is 56.6 Å². The summed E-state index contributed by atoms with van der Waals surface area (Å²) in [5.74, 6) is -0.845. The van der Waals surface area contributed by atoms with E-state index >= 15 is 0 Å². The Morgan fingerprint density at radius 1 is 0.963 bits per heavy atom. The van der Waals surface area contributed by atoms with Crippen molar-refractivity contribution in [2.45, 2.75) is 51.0 Å². The molecule has 3 fully saturated rings. The molecule has 0 N–H and O–H groups in total. The fourth-order valence-electron chi connectivity index (χ4n) is 4.90. The molecule has 0 radical (unpaired) electrons. The molecule has 27 heavy (non-hydrogen) atoms. The predicted octanol–water partition coefficient (Wildman–Crippen LogP) is 3.05. The van der Waals surface area contributed by atoms with Crippen molar-refractivity contribution < 1.29 is 18.8 Å². The van der Waals surface area contributed by atoms with E-state index in [2.05, 4.69) is 0 Å². The van der Waals surface area contributed by atoms with Gasteiger partial charge in [0.2, 0.25) is 17.7 Å². The zero-order valence-electron chi connectivity index (χ0n) is 15.4. The molecule has 144 valence electrons. The van der Waals surface area contributed by atoms with Crippen LogP contribution >= 0.6 is 0 Å². The molecule has 5 nitrogen and oxygen atoms in total. The lowest BCUT2D eigenvalue weighted by Gasteiger charge is -2.26. The molecular formula is C21H25FN2O3. The summed E-state index contributed by atoms with van der Waals surface area (Å²) in [6, 6.07) is 6.23. The van der Waals surface area contributed by atoms with Crippen molar-refractivity contribution in [3.05, 3.63) is 35.6 Å². The van der Waals surface area contributed by atoms with Gasteiger partial charge in [0, 0.05) is 19.5 Å². The molecule has 1 aromatic rings.